The van der Waals surface area contributed by atoms with Gasteiger partial charge in [0.25, 0.3) is 0 Å². The number of aryl methyl sites for hydroxylation is 1. The number of nitrogens with one attached hydrogen (secondary N) is 1. The van der Waals surface area contributed by atoms with Crippen LogP contribution in [0.5, 0.6) is 0 Å². The second-order valence-electron chi connectivity index (χ2n) is 4.66. The van der Waals surface area contributed by atoms with Gasteiger partial charge in [-0.3, -0.25) is 0 Å². The lowest BCUT2D eigenvalue weighted by molar-refractivity contribution is 0.0698. The van der Waals surface area contributed by atoms with E-state index < -0.39 is 5.97 Å². The first-order valence-corrected chi connectivity index (χ1v) is 6.76. The summed E-state index contributed by atoms with van der Waals surface area (Å²) in [4.78, 5) is 11.2. The predicted octanol–water partition coefficient (Wildman–Crippen LogP) is 4.00. The molecule has 2 aromatic rings. The molecule has 0 saturated heterocycles. The van der Waals surface area contributed by atoms with Crippen molar-refractivity contribution in [2.45, 2.75) is 13.3 Å². The Balaban J connectivity index is 2.02. The Kier molecular flexibility index (Phi) is 4.64. The molecule has 0 saturated carbocycles. The van der Waals surface area contributed by atoms with Gasteiger partial charge in [0.15, 0.2) is 0 Å². The van der Waals surface area contributed by atoms with Gasteiger partial charge < -0.3 is 10.4 Å². The van der Waals surface area contributed by atoms with Crippen LogP contribution in [-0.2, 0) is 6.42 Å². The molecular weight excluding hydrogens is 274 g/mol. The van der Waals surface area contributed by atoms with Gasteiger partial charge in [-0.1, -0.05) is 41.4 Å². The molecule has 0 aliphatic heterocycles. The summed E-state index contributed by atoms with van der Waals surface area (Å²) in [5.74, 6) is -0.981. The van der Waals surface area contributed by atoms with Gasteiger partial charge in [0.1, 0.15) is 0 Å². The molecule has 2 aromatic carbocycles. The molecule has 0 aliphatic rings. The standard InChI is InChI=1S/C16H16ClNO2/c1-11-3-2-4-12(9-11)7-8-18-15-6-5-13(17)10-14(15)16(19)20/h2-6,9-10,18H,7-8H2,1H3,(H,19,20). The molecule has 0 amide bonds. The second-order valence-corrected chi connectivity index (χ2v) is 5.10. The van der Waals surface area contributed by atoms with E-state index in [1.54, 1.807) is 12.1 Å². The number of anilines is 1. The van der Waals surface area contributed by atoms with Crippen LogP contribution in [-0.4, -0.2) is 17.6 Å². The summed E-state index contributed by atoms with van der Waals surface area (Å²) in [6.07, 6.45) is 0.837. The molecule has 3 nitrogen and oxygen atoms in total. The van der Waals surface area contributed by atoms with Gasteiger partial charge in [0.2, 0.25) is 0 Å². The largest absolute Gasteiger partial charge is 0.478 e. The second kappa shape index (κ2) is 6.44. The molecule has 4 heteroatoms. The van der Waals surface area contributed by atoms with Gasteiger partial charge in [-0.15, -0.1) is 0 Å². The molecule has 0 heterocycles. The molecule has 20 heavy (non-hydrogen) atoms. The molecule has 2 N–H and O–H groups in total. The third-order valence-corrected chi connectivity index (χ3v) is 3.26. The van der Waals surface area contributed by atoms with Crippen LogP contribution in [0.15, 0.2) is 42.5 Å². The fourth-order valence-corrected chi connectivity index (χ4v) is 2.23. The average Bonchev–Trinajstić information content (AvgIpc) is 2.40. The Labute approximate surface area is 123 Å². The lowest BCUT2D eigenvalue weighted by Crippen LogP contribution is -2.09. The van der Waals surface area contributed by atoms with Crippen LogP contribution in [0.1, 0.15) is 21.5 Å². The molecule has 0 fully saturated rings. The Bertz CT molecular complexity index is 626. The number of carboxylic acids is 1. The summed E-state index contributed by atoms with van der Waals surface area (Å²) in [6, 6.07) is 13.1. The van der Waals surface area contributed by atoms with Crippen LogP contribution in [0, 0.1) is 6.92 Å². The van der Waals surface area contributed by atoms with E-state index in [-0.39, 0.29) is 5.56 Å². The van der Waals surface area contributed by atoms with Gasteiger partial charge in [-0.05, 0) is 37.1 Å². The van der Waals surface area contributed by atoms with Crippen molar-refractivity contribution < 1.29 is 9.90 Å². The maximum atomic E-state index is 11.2. The number of rotatable bonds is 5. The first-order valence-electron chi connectivity index (χ1n) is 6.38. The first-order chi connectivity index (χ1) is 9.56. The highest BCUT2D eigenvalue weighted by Crippen LogP contribution is 2.20. The summed E-state index contributed by atoms with van der Waals surface area (Å²) in [6.45, 7) is 2.73. The van der Waals surface area contributed by atoms with E-state index in [1.807, 2.05) is 6.07 Å². The van der Waals surface area contributed by atoms with Crippen molar-refractivity contribution >= 4 is 23.3 Å². The molecule has 0 atom stereocenters. The van der Waals surface area contributed by atoms with Crippen molar-refractivity contribution in [3.8, 4) is 0 Å². The third-order valence-electron chi connectivity index (χ3n) is 3.02. The van der Waals surface area contributed by atoms with Crippen molar-refractivity contribution in [3.05, 3.63) is 64.2 Å². The zero-order valence-corrected chi connectivity index (χ0v) is 11.9. The smallest absolute Gasteiger partial charge is 0.337 e. The number of hydrogen-bond donors (Lipinski definition) is 2. The van der Waals surface area contributed by atoms with E-state index in [9.17, 15) is 4.79 Å². The lowest BCUT2D eigenvalue weighted by Gasteiger charge is -2.10. The van der Waals surface area contributed by atoms with Crippen LogP contribution in [0.3, 0.4) is 0 Å². The van der Waals surface area contributed by atoms with Crippen molar-refractivity contribution in [3.63, 3.8) is 0 Å². The quantitative estimate of drug-likeness (QED) is 0.874. The highest BCUT2D eigenvalue weighted by Gasteiger charge is 2.10. The van der Waals surface area contributed by atoms with Gasteiger partial charge in [-0.2, -0.15) is 0 Å². The van der Waals surface area contributed by atoms with Crippen LogP contribution in [0.4, 0.5) is 5.69 Å². The van der Waals surface area contributed by atoms with Gasteiger partial charge >= 0.3 is 5.97 Å². The molecule has 0 unspecified atom stereocenters. The molecule has 104 valence electrons. The maximum absolute atomic E-state index is 11.2. The minimum absolute atomic E-state index is 0.196. The number of benzene rings is 2. The SMILES string of the molecule is Cc1cccc(CCNc2ccc(Cl)cc2C(=O)O)c1. The summed E-state index contributed by atoms with van der Waals surface area (Å²) >= 11 is 5.82. The van der Waals surface area contributed by atoms with E-state index in [2.05, 4.69) is 30.4 Å². The molecular formula is C16H16ClNO2. The summed E-state index contributed by atoms with van der Waals surface area (Å²) in [5, 5.41) is 12.7. The Morgan fingerprint density at radius 2 is 2.05 bits per heavy atom. The Hall–Kier alpha value is -2.00. The van der Waals surface area contributed by atoms with E-state index in [0.717, 1.165) is 6.42 Å². The number of hydrogen-bond acceptors (Lipinski definition) is 2. The molecule has 0 aliphatic carbocycles. The van der Waals surface area contributed by atoms with E-state index in [4.69, 9.17) is 16.7 Å². The van der Waals surface area contributed by atoms with E-state index >= 15 is 0 Å². The highest BCUT2D eigenvalue weighted by molar-refractivity contribution is 6.31. The molecule has 0 radical (unpaired) electrons. The lowest BCUT2D eigenvalue weighted by atomic mass is 10.1. The maximum Gasteiger partial charge on any atom is 0.337 e. The van der Waals surface area contributed by atoms with E-state index in [1.165, 1.54) is 17.2 Å². The minimum atomic E-state index is -0.981. The fourth-order valence-electron chi connectivity index (χ4n) is 2.06. The van der Waals surface area contributed by atoms with Gasteiger partial charge in [0, 0.05) is 17.3 Å². The number of carbonyl (C=O) groups is 1. The van der Waals surface area contributed by atoms with Gasteiger partial charge in [-0.25, -0.2) is 4.79 Å². The normalized spacial score (nSPS) is 10.3. The zero-order chi connectivity index (χ0) is 14.5. The topological polar surface area (TPSA) is 49.3 Å². The average molecular weight is 290 g/mol. The number of halogens is 1. The zero-order valence-electron chi connectivity index (χ0n) is 11.2. The van der Waals surface area contributed by atoms with Crippen molar-refractivity contribution in [2.75, 3.05) is 11.9 Å². The predicted molar refractivity (Wildman–Crippen MR) is 81.8 cm³/mol. The minimum Gasteiger partial charge on any atom is -0.478 e. The van der Waals surface area contributed by atoms with Crippen LogP contribution in [0.25, 0.3) is 0 Å². The fraction of sp³-hybridized carbons (Fsp3) is 0.188. The van der Waals surface area contributed by atoms with Crippen LogP contribution < -0.4 is 5.32 Å². The van der Waals surface area contributed by atoms with E-state index in [0.29, 0.717) is 17.3 Å². The van der Waals surface area contributed by atoms with Crippen molar-refractivity contribution in [1.29, 1.82) is 0 Å². The monoisotopic (exact) mass is 289 g/mol. The highest BCUT2D eigenvalue weighted by atomic mass is 35.5. The number of aromatic carboxylic acids is 1. The molecule has 0 spiro atoms. The summed E-state index contributed by atoms with van der Waals surface area (Å²) in [5.41, 5.74) is 3.24. The van der Waals surface area contributed by atoms with Crippen molar-refractivity contribution in [2.24, 2.45) is 0 Å². The molecule has 2 rings (SSSR count). The van der Waals surface area contributed by atoms with Crippen LogP contribution in [0.2, 0.25) is 5.02 Å². The Morgan fingerprint density at radius 1 is 1.25 bits per heavy atom. The van der Waals surface area contributed by atoms with Crippen molar-refractivity contribution in [1.82, 2.24) is 0 Å². The first kappa shape index (κ1) is 14.4. The van der Waals surface area contributed by atoms with Crippen LogP contribution >= 0.6 is 11.6 Å². The third kappa shape index (κ3) is 3.75. The summed E-state index contributed by atoms with van der Waals surface area (Å²) in [7, 11) is 0. The Morgan fingerprint density at radius 3 is 2.75 bits per heavy atom. The number of carboxylic acid groups (broad SMARTS) is 1. The molecule has 0 aromatic heterocycles. The summed E-state index contributed by atoms with van der Waals surface area (Å²) < 4.78 is 0. The van der Waals surface area contributed by atoms with Gasteiger partial charge in [0.05, 0.1) is 5.56 Å². The molecule has 0 bridgehead atoms.